The quantitative estimate of drug-likeness (QED) is 0.185. The number of aryl methyl sites for hydroxylation is 1. The van der Waals surface area contributed by atoms with Crippen molar-refractivity contribution in [3.8, 4) is 17.1 Å². The molecule has 0 aliphatic rings. The molecule has 2 aromatic heterocycles. The van der Waals surface area contributed by atoms with Gasteiger partial charge in [-0.05, 0) is 64.3 Å². The molecule has 176 valence electrons. The first kappa shape index (κ1) is 23.5. The molecule has 0 aliphatic heterocycles. The van der Waals surface area contributed by atoms with Gasteiger partial charge < -0.3 is 30.9 Å². The predicted molar refractivity (Wildman–Crippen MR) is 138 cm³/mol. The van der Waals surface area contributed by atoms with Crippen LogP contribution in [0.15, 0.2) is 56.9 Å². The number of nitrogens with one attached hydrogen (secondary N) is 3. The van der Waals surface area contributed by atoms with Crippen LogP contribution in [0, 0.1) is 6.92 Å². The SMILES string of the molecule is C/N=C(\N)c1cc(C)c2nc(-c3c(NCC(O)c4ccc(OC)c(Br)c4)cc[nH]c3=O)[nH]c2c1. The molecule has 0 radical (unpaired) electrons. The molecule has 34 heavy (non-hydrogen) atoms. The lowest BCUT2D eigenvalue weighted by atomic mass is 10.1. The second-order valence-corrected chi connectivity index (χ2v) is 8.62. The lowest BCUT2D eigenvalue weighted by Crippen LogP contribution is -2.17. The van der Waals surface area contributed by atoms with Gasteiger partial charge in [0.1, 0.15) is 23.0 Å². The van der Waals surface area contributed by atoms with E-state index in [4.69, 9.17) is 10.5 Å². The minimum Gasteiger partial charge on any atom is -0.496 e. The maximum absolute atomic E-state index is 12.8. The van der Waals surface area contributed by atoms with Crippen LogP contribution in [0.1, 0.15) is 22.8 Å². The normalized spacial score (nSPS) is 12.7. The molecule has 0 amide bonds. The van der Waals surface area contributed by atoms with E-state index in [0.29, 0.717) is 34.2 Å². The van der Waals surface area contributed by atoms with Crippen LogP contribution in [0.3, 0.4) is 0 Å². The third kappa shape index (κ3) is 4.55. The van der Waals surface area contributed by atoms with Crippen molar-refractivity contribution >= 4 is 38.5 Å². The number of H-pyrrole nitrogens is 2. The maximum Gasteiger partial charge on any atom is 0.261 e. The molecule has 0 spiro atoms. The molecule has 2 aromatic carbocycles. The number of nitrogens with zero attached hydrogens (tertiary/aromatic N) is 2. The molecule has 1 unspecified atom stereocenters. The highest BCUT2D eigenvalue weighted by Crippen LogP contribution is 2.30. The molecule has 0 aliphatic carbocycles. The van der Waals surface area contributed by atoms with E-state index in [1.165, 1.54) is 0 Å². The summed E-state index contributed by atoms with van der Waals surface area (Å²) in [6.07, 6.45) is 0.737. The number of hydrogen-bond acceptors (Lipinski definition) is 6. The van der Waals surface area contributed by atoms with E-state index < -0.39 is 6.10 Å². The molecule has 0 bridgehead atoms. The fourth-order valence-electron chi connectivity index (χ4n) is 3.76. The van der Waals surface area contributed by atoms with Gasteiger partial charge in [0.25, 0.3) is 5.56 Å². The molecule has 6 N–H and O–H groups in total. The minimum absolute atomic E-state index is 0.183. The third-order valence-electron chi connectivity index (χ3n) is 5.56. The molecule has 10 heteroatoms. The number of amidine groups is 1. The van der Waals surface area contributed by atoms with E-state index in [2.05, 4.69) is 41.2 Å². The highest BCUT2D eigenvalue weighted by atomic mass is 79.9. The Labute approximate surface area is 204 Å². The summed E-state index contributed by atoms with van der Waals surface area (Å²) in [5.41, 5.74) is 10.4. The van der Waals surface area contributed by atoms with Crippen LogP contribution in [0.4, 0.5) is 5.69 Å². The molecule has 9 nitrogen and oxygen atoms in total. The second-order valence-electron chi connectivity index (χ2n) is 7.77. The first-order valence-electron chi connectivity index (χ1n) is 10.5. The topological polar surface area (TPSA) is 141 Å². The van der Waals surface area contributed by atoms with Crippen molar-refractivity contribution in [3.63, 3.8) is 0 Å². The van der Waals surface area contributed by atoms with Crippen molar-refractivity contribution in [1.29, 1.82) is 0 Å². The standard InChI is InChI=1S/C24H25BrN6O3/c1-12-8-14(22(26)27-2)10-17-21(12)31-23(30-17)20-16(6-7-28-24(20)33)29-11-18(32)13-4-5-19(34-3)15(25)9-13/h4-10,18,32H,11H2,1-3H3,(H2,26,27)(H,30,31)(H2,28,29,33). The molecule has 2 heterocycles. The van der Waals surface area contributed by atoms with Gasteiger partial charge in [-0.1, -0.05) is 6.07 Å². The number of aromatic nitrogens is 3. The van der Waals surface area contributed by atoms with Crippen molar-refractivity contribution < 1.29 is 9.84 Å². The Balaban J connectivity index is 1.66. The monoisotopic (exact) mass is 524 g/mol. The number of hydrogen-bond donors (Lipinski definition) is 5. The molecule has 1 atom stereocenters. The average Bonchev–Trinajstić information content (AvgIpc) is 3.26. The second kappa shape index (κ2) is 9.70. The zero-order chi connectivity index (χ0) is 24.4. The molecular formula is C24H25BrN6O3. The molecule has 0 fully saturated rings. The van der Waals surface area contributed by atoms with E-state index in [0.717, 1.165) is 26.6 Å². The lowest BCUT2D eigenvalue weighted by Gasteiger charge is -2.16. The van der Waals surface area contributed by atoms with Crippen LogP contribution in [0.2, 0.25) is 0 Å². The van der Waals surface area contributed by atoms with Crippen molar-refractivity contribution in [2.75, 3.05) is 26.0 Å². The van der Waals surface area contributed by atoms with E-state index in [-0.39, 0.29) is 12.1 Å². The number of aliphatic imine (C=N–C) groups is 1. The van der Waals surface area contributed by atoms with E-state index in [1.807, 2.05) is 19.1 Å². The zero-order valence-corrected chi connectivity index (χ0v) is 20.5. The Morgan fingerprint density at radius 2 is 2.12 bits per heavy atom. The predicted octanol–water partition coefficient (Wildman–Crippen LogP) is 3.48. The van der Waals surface area contributed by atoms with Crippen molar-refractivity contribution in [3.05, 3.63) is 74.1 Å². The van der Waals surface area contributed by atoms with Gasteiger partial charge in [0.2, 0.25) is 0 Å². The first-order chi connectivity index (χ1) is 16.3. The van der Waals surface area contributed by atoms with Gasteiger partial charge in [-0.3, -0.25) is 9.79 Å². The summed E-state index contributed by atoms with van der Waals surface area (Å²) in [6.45, 7) is 2.11. The maximum atomic E-state index is 12.8. The van der Waals surface area contributed by atoms with Crippen LogP contribution in [0.25, 0.3) is 22.4 Å². The smallest absolute Gasteiger partial charge is 0.261 e. The van der Waals surface area contributed by atoms with E-state index in [1.54, 1.807) is 44.6 Å². The summed E-state index contributed by atoms with van der Waals surface area (Å²) in [6, 6.07) is 10.9. The Morgan fingerprint density at radius 3 is 2.82 bits per heavy atom. The fraction of sp³-hybridized carbons (Fsp3) is 0.208. The summed E-state index contributed by atoms with van der Waals surface area (Å²) in [4.78, 5) is 27.4. The summed E-state index contributed by atoms with van der Waals surface area (Å²) in [5.74, 6) is 1.50. The van der Waals surface area contributed by atoms with Gasteiger partial charge in [0.05, 0.1) is 34.4 Å². The van der Waals surface area contributed by atoms with Crippen molar-refractivity contribution in [2.45, 2.75) is 13.0 Å². The number of pyridine rings is 1. The highest BCUT2D eigenvalue weighted by molar-refractivity contribution is 9.10. The Bertz CT molecular complexity index is 1440. The van der Waals surface area contributed by atoms with Gasteiger partial charge in [-0.25, -0.2) is 4.98 Å². The summed E-state index contributed by atoms with van der Waals surface area (Å²) in [5, 5.41) is 13.9. The van der Waals surface area contributed by atoms with E-state index >= 15 is 0 Å². The number of ether oxygens (including phenoxy) is 1. The van der Waals surface area contributed by atoms with Crippen LogP contribution in [0.5, 0.6) is 5.75 Å². The van der Waals surface area contributed by atoms with Crippen LogP contribution >= 0.6 is 15.9 Å². The summed E-state index contributed by atoms with van der Waals surface area (Å²) in [7, 11) is 3.21. The highest BCUT2D eigenvalue weighted by Gasteiger charge is 2.17. The number of imidazole rings is 1. The molecular weight excluding hydrogens is 500 g/mol. The molecule has 4 rings (SSSR count). The van der Waals surface area contributed by atoms with Gasteiger partial charge in [-0.15, -0.1) is 0 Å². The van der Waals surface area contributed by atoms with Crippen LogP contribution < -0.4 is 21.3 Å². The average molecular weight is 525 g/mol. The number of halogens is 1. The number of nitrogens with two attached hydrogens (primary N) is 1. The molecule has 0 saturated carbocycles. The minimum atomic E-state index is -0.814. The largest absolute Gasteiger partial charge is 0.496 e. The van der Waals surface area contributed by atoms with Gasteiger partial charge in [0, 0.05) is 25.4 Å². The number of benzene rings is 2. The number of aromatic amines is 2. The zero-order valence-electron chi connectivity index (χ0n) is 18.9. The van der Waals surface area contributed by atoms with Crippen LogP contribution in [-0.2, 0) is 0 Å². The molecule has 0 saturated heterocycles. The number of fused-ring (bicyclic) bond motifs is 1. The number of aliphatic hydroxyl groups is 1. The number of rotatable bonds is 7. The van der Waals surface area contributed by atoms with Crippen molar-refractivity contribution in [1.82, 2.24) is 15.0 Å². The van der Waals surface area contributed by atoms with Crippen LogP contribution in [-0.4, -0.2) is 46.6 Å². The lowest BCUT2D eigenvalue weighted by molar-refractivity contribution is 0.191. The fourth-order valence-corrected chi connectivity index (χ4v) is 4.32. The first-order valence-corrected chi connectivity index (χ1v) is 11.3. The number of methoxy groups -OCH3 is 1. The Kier molecular flexibility index (Phi) is 6.71. The van der Waals surface area contributed by atoms with Gasteiger partial charge in [-0.2, -0.15) is 0 Å². The number of anilines is 1. The van der Waals surface area contributed by atoms with Gasteiger partial charge >= 0.3 is 0 Å². The Hall–Kier alpha value is -3.63. The molecule has 4 aromatic rings. The number of aliphatic hydroxyl groups excluding tert-OH is 1. The Morgan fingerprint density at radius 1 is 1.32 bits per heavy atom. The summed E-state index contributed by atoms with van der Waals surface area (Å²) >= 11 is 3.43. The van der Waals surface area contributed by atoms with E-state index in [9.17, 15) is 9.90 Å². The van der Waals surface area contributed by atoms with Crippen molar-refractivity contribution in [2.24, 2.45) is 10.7 Å². The van der Waals surface area contributed by atoms with Gasteiger partial charge in [0.15, 0.2) is 0 Å². The summed E-state index contributed by atoms with van der Waals surface area (Å²) < 4.78 is 5.99. The third-order valence-corrected chi connectivity index (χ3v) is 6.18.